The number of unbranched alkanes of at least 4 members (excludes halogenated alkanes) is 1. The zero-order chi connectivity index (χ0) is 16.9. The lowest BCUT2D eigenvalue weighted by Crippen LogP contribution is -2.46. The van der Waals surface area contributed by atoms with E-state index in [9.17, 15) is 13.2 Å². The summed E-state index contributed by atoms with van der Waals surface area (Å²) in [4.78, 5) is 14.1. The summed E-state index contributed by atoms with van der Waals surface area (Å²) in [6, 6.07) is 6.74. The number of piperidine rings is 1. The molecule has 1 aromatic carbocycles. The Labute approximate surface area is 139 Å². The van der Waals surface area contributed by atoms with Crippen LogP contribution in [0.25, 0.3) is 0 Å². The standard InChI is InChI=1S/C17H26N2O3S/c1-3-4-5-17(20)19-12-10-15(11-13-19)18-23(21,22)16-8-6-14(2)7-9-16/h6-9,15,18H,3-5,10-13H2,1-2H3. The van der Waals surface area contributed by atoms with Crippen LogP contribution in [0.4, 0.5) is 0 Å². The van der Waals surface area contributed by atoms with Gasteiger partial charge < -0.3 is 4.90 Å². The summed E-state index contributed by atoms with van der Waals surface area (Å²) in [5.74, 6) is 0.187. The van der Waals surface area contributed by atoms with Gasteiger partial charge in [-0.2, -0.15) is 0 Å². The first-order chi connectivity index (χ1) is 10.9. The van der Waals surface area contributed by atoms with Gasteiger partial charge in [0.15, 0.2) is 0 Å². The molecule has 6 heteroatoms. The first kappa shape index (κ1) is 17.9. The maximum Gasteiger partial charge on any atom is 0.240 e. The summed E-state index contributed by atoms with van der Waals surface area (Å²) in [5.41, 5.74) is 1.03. The number of carbonyl (C=O) groups is 1. The van der Waals surface area contributed by atoms with Crippen LogP contribution >= 0.6 is 0 Å². The zero-order valence-electron chi connectivity index (χ0n) is 13.9. The minimum absolute atomic E-state index is 0.100. The van der Waals surface area contributed by atoms with Gasteiger partial charge in [0.25, 0.3) is 0 Å². The summed E-state index contributed by atoms with van der Waals surface area (Å²) < 4.78 is 27.5. The van der Waals surface area contributed by atoms with E-state index in [1.807, 2.05) is 11.8 Å². The van der Waals surface area contributed by atoms with Gasteiger partial charge in [0, 0.05) is 25.6 Å². The highest BCUT2D eigenvalue weighted by Gasteiger charge is 2.26. The van der Waals surface area contributed by atoms with Crippen LogP contribution in [0.3, 0.4) is 0 Å². The van der Waals surface area contributed by atoms with E-state index in [0.29, 0.717) is 37.2 Å². The molecule has 5 nitrogen and oxygen atoms in total. The molecule has 0 unspecified atom stereocenters. The van der Waals surface area contributed by atoms with Crippen molar-refractivity contribution < 1.29 is 13.2 Å². The Bertz CT molecular complexity index is 618. The van der Waals surface area contributed by atoms with Crippen LogP contribution in [0.5, 0.6) is 0 Å². The van der Waals surface area contributed by atoms with Gasteiger partial charge in [-0.05, 0) is 38.3 Å². The molecule has 1 aliphatic rings. The van der Waals surface area contributed by atoms with Crippen molar-refractivity contribution in [2.24, 2.45) is 0 Å². The summed E-state index contributed by atoms with van der Waals surface area (Å²) in [5, 5.41) is 0. The molecule has 128 valence electrons. The van der Waals surface area contributed by atoms with E-state index >= 15 is 0 Å². The summed E-state index contributed by atoms with van der Waals surface area (Å²) in [6.07, 6.45) is 3.86. The van der Waals surface area contributed by atoms with Crippen molar-refractivity contribution in [2.75, 3.05) is 13.1 Å². The average Bonchev–Trinajstić information content (AvgIpc) is 2.53. The number of benzene rings is 1. The van der Waals surface area contributed by atoms with Crippen LogP contribution in [0.15, 0.2) is 29.2 Å². The lowest BCUT2D eigenvalue weighted by atomic mass is 10.1. The van der Waals surface area contributed by atoms with Gasteiger partial charge in [-0.15, -0.1) is 0 Å². The van der Waals surface area contributed by atoms with Gasteiger partial charge in [0.2, 0.25) is 15.9 Å². The van der Waals surface area contributed by atoms with Crippen LogP contribution in [0, 0.1) is 6.92 Å². The van der Waals surface area contributed by atoms with Crippen LogP contribution in [-0.4, -0.2) is 38.4 Å². The van der Waals surface area contributed by atoms with E-state index in [1.54, 1.807) is 24.3 Å². The molecule has 1 N–H and O–H groups in total. The second-order valence-electron chi connectivity index (χ2n) is 6.19. The third-order valence-electron chi connectivity index (χ3n) is 4.24. The van der Waals surface area contributed by atoms with Crippen LogP contribution in [0.2, 0.25) is 0 Å². The first-order valence-corrected chi connectivity index (χ1v) is 9.77. The molecular formula is C17H26N2O3S. The molecule has 0 aliphatic carbocycles. The number of amides is 1. The number of hydrogen-bond donors (Lipinski definition) is 1. The van der Waals surface area contributed by atoms with E-state index in [1.165, 1.54) is 0 Å². The van der Waals surface area contributed by atoms with Crippen molar-refractivity contribution in [3.63, 3.8) is 0 Å². The topological polar surface area (TPSA) is 66.5 Å². The molecule has 23 heavy (non-hydrogen) atoms. The molecule has 1 aromatic rings. The monoisotopic (exact) mass is 338 g/mol. The predicted octanol–water partition coefficient (Wildman–Crippen LogP) is 2.45. The van der Waals surface area contributed by atoms with E-state index in [2.05, 4.69) is 11.6 Å². The fourth-order valence-corrected chi connectivity index (χ4v) is 4.04. The first-order valence-electron chi connectivity index (χ1n) is 8.29. The number of rotatable bonds is 6. The van der Waals surface area contributed by atoms with Crippen molar-refractivity contribution in [1.29, 1.82) is 0 Å². The molecule has 1 heterocycles. The SMILES string of the molecule is CCCCC(=O)N1CCC(NS(=O)(=O)c2ccc(C)cc2)CC1. The number of aryl methyl sites for hydroxylation is 1. The Hall–Kier alpha value is -1.40. The second kappa shape index (κ2) is 7.93. The quantitative estimate of drug-likeness (QED) is 0.866. The van der Waals surface area contributed by atoms with Crippen LogP contribution in [0.1, 0.15) is 44.6 Å². The van der Waals surface area contributed by atoms with Crippen molar-refractivity contribution in [3.8, 4) is 0 Å². The zero-order valence-corrected chi connectivity index (χ0v) is 14.7. The highest BCUT2D eigenvalue weighted by atomic mass is 32.2. The van der Waals surface area contributed by atoms with Gasteiger partial charge in [-0.3, -0.25) is 4.79 Å². The van der Waals surface area contributed by atoms with Gasteiger partial charge in [0.1, 0.15) is 0 Å². The summed E-state index contributed by atoms with van der Waals surface area (Å²) >= 11 is 0. The van der Waals surface area contributed by atoms with Gasteiger partial charge in [-0.25, -0.2) is 13.1 Å². The van der Waals surface area contributed by atoms with Crippen molar-refractivity contribution >= 4 is 15.9 Å². The number of nitrogens with one attached hydrogen (secondary N) is 1. The van der Waals surface area contributed by atoms with E-state index in [0.717, 1.165) is 18.4 Å². The number of carbonyl (C=O) groups excluding carboxylic acids is 1. The molecule has 0 bridgehead atoms. The molecule has 2 rings (SSSR count). The Morgan fingerprint density at radius 3 is 2.39 bits per heavy atom. The Kier molecular flexibility index (Phi) is 6.18. The minimum Gasteiger partial charge on any atom is -0.343 e. The molecule has 1 aliphatic heterocycles. The van der Waals surface area contributed by atoms with Crippen LogP contribution < -0.4 is 4.72 Å². The van der Waals surface area contributed by atoms with Gasteiger partial charge >= 0.3 is 0 Å². The van der Waals surface area contributed by atoms with Crippen molar-refractivity contribution in [2.45, 2.75) is 56.9 Å². The molecular weight excluding hydrogens is 312 g/mol. The lowest BCUT2D eigenvalue weighted by molar-refractivity contribution is -0.132. The molecule has 0 radical (unpaired) electrons. The van der Waals surface area contributed by atoms with Gasteiger partial charge in [0.05, 0.1) is 4.90 Å². The molecule has 0 spiro atoms. The third-order valence-corrected chi connectivity index (χ3v) is 5.78. The minimum atomic E-state index is -3.48. The predicted molar refractivity (Wildman–Crippen MR) is 90.6 cm³/mol. The normalized spacial score (nSPS) is 16.5. The highest BCUT2D eigenvalue weighted by molar-refractivity contribution is 7.89. The molecule has 1 amide bonds. The Morgan fingerprint density at radius 1 is 1.22 bits per heavy atom. The number of likely N-dealkylation sites (tertiary alicyclic amines) is 1. The maximum absolute atomic E-state index is 12.4. The smallest absolute Gasteiger partial charge is 0.240 e. The van der Waals surface area contributed by atoms with E-state index in [-0.39, 0.29) is 11.9 Å². The summed E-state index contributed by atoms with van der Waals surface area (Å²) in [7, 11) is -3.48. The van der Waals surface area contributed by atoms with Gasteiger partial charge in [-0.1, -0.05) is 31.0 Å². The largest absolute Gasteiger partial charge is 0.343 e. The molecule has 1 fully saturated rings. The van der Waals surface area contributed by atoms with Crippen LogP contribution in [-0.2, 0) is 14.8 Å². The lowest BCUT2D eigenvalue weighted by Gasteiger charge is -2.32. The number of sulfonamides is 1. The van der Waals surface area contributed by atoms with E-state index < -0.39 is 10.0 Å². The number of hydrogen-bond acceptors (Lipinski definition) is 3. The van der Waals surface area contributed by atoms with E-state index in [4.69, 9.17) is 0 Å². The van der Waals surface area contributed by atoms with Crippen molar-refractivity contribution in [1.82, 2.24) is 9.62 Å². The highest BCUT2D eigenvalue weighted by Crippen LogP contribution is 2.16. The Balaban J connectivity index is 1.88. The molecule has 0 aromatic heterocycles. The fraction of sp³-hybridized carbons (Fsp3) is 0.588. The second-order valence-corrected chi connectivity index (χ2v) is 7.91. The number of nitrogens with zero attached hydrogens (tertiary/aromatic N) is 1. The summed E-state index contributed by atoms with van der Waals surface area (Å²) in [6.45, 7) is 5.25. The fourth-order valence-electron chi connectivity index (χ4n) is 2.74. The van der Waals surface area contributed by atoms with Crippen molar-refractivity contribution in [3.05, 3.63) is 29.8 Å². The molecule has 0 saturated carbocycles. The Morgan fingerprint density at radius 2 is 1.83 bits per heavy atom. The molecule has 0 atom stereocenters. The molecule has 1 saturated heterocycles. The maximum atomic E-state index is 12.4. The average molecular weight is 338 g/mol. The third kappa shape index (κ3) is 5.04.